The van der Waals surface area contributed by atoms with E-state index in [4.69, 9.17) is 4.74 Å². The number of phenolic OH excluding ortho intramolecular Hbond substituents is 1. The molecular weight excluding hydrogens is 688 g/mol. The van der Waals surface area contributed by atoms with E-state index >= 15 is 0 Å². The number of phenols is 1. The maximum absolute atomic E-state index is 14.5. The van der Waals surface area contributed by atoms with Gasteiger partial charge in [-0.15, -0.1) is 0 Å². The zero-order valence-corrected chi connectivity index (χ0v) is 26.4. The number of aliphatic carboxylic acids is 1. The Hall–Kier alpha value is -3.51. The molecule has 6 unspecified atom stereocenters. The van der Waals surface area contributed by atoms with E-state index in [9.17, 15) is 34.2 Å². The number of hydrogen-bond donors (Lipinski definition) is 2. The number of carbonyl (C=O) groups excluding carboxylic acids is 4. The Kier molecular flexibility index (Phi) is 7.28. The van der Waals surface area contributed by atoms with Gasteiger partial charge in [-0.1, -0.05) is 29.8 Å². The number of imide groups is 2. The smallest absolute Gasteiger partial charge is 0.305 e. The first-order valence-corrected chi connectivity index (χ1v) is 15.5. The lowest BCUT2D eigenvalue weighted by atomic mass is 9.51. The molecule has 6 rings (SSSR count). The van der Waals surface area contributed by atoms with E-state index in [-0.39, 0.29) is 49.1 Å². The van der Waals surface area contributed by atoms with Crippen molar-refractivity contribution in [2.45, 2.75) is 32.1 Å². The van der Waals surface area contributed by atoms with E-state index in [0.29, 0.717) is 20.2 Å². The number of benzene rings is 2. The summed E-state index contributed by atoms with van der Waals surface area (Å²) >= 11 is 7.03. The molecule has 0 aromatic heterocycles. The van der Waals surface area contributed by atoms with E-state index in [1.807, 2.05) is 6.08 Å². The van der Waals surface area contributed by atoms with Gasteiger partial charge in [-0.3, -0.25) is 28.9 Å². The Labute approximate surface area is 263 Å². The largest absolute Gasteiger partial charge is 0.503 e. The molecule has 3 fully saturated rings. The van der Waals surface area contributed by atoms with Gasteiger partial charge in [-0.2, -0.15) is 0 Å². The second-order valence-corrected chi connectivity index (χ2v) is 13.2. The summed E-state index contributed by atoms with van der Waals surface area (Å²) in [6.45, 7) is 1.55. The van der Waals surface area contributed by atoms with Crippen molar-refractivity contribution in [3.8, 4) is 11.5 Å². The molecule has 0 radical (unpaired) electrons. The lowest BCUT2D eigenvalue weighted by molar-refractivity contribution is -0.142. The normalized spacial score (nSPS) is 29.8. The SMILES string of the molecule is COc1cc(C2C3=CCC4C(=O)N(CCC(=O)O)C(=O)C4C3CC3C(=O)N(c4ccccc4)C(=O)C32C)c(Br)c(Br)c1O. The van der Waals surface area contributed by atoms with E-state index in [1.165, 1.54) is 12.0 Å². The third-order valence-corrected chi connectivity index (χ3v) is 11.8. The molecule has 2 N–H and O–H groups in total. The zero-order valence-electron chi connectivity index (χ0n) is 23.3. The van der Waals surface area contributed by atoms with Gasteiger partial charge in [0.15, 0.2) is 11.5 Å². The molecular formula is C31H28Br2N2O8. The van der Waals surface area contributed by atoms with Gasteiger partial charge in [0.05, 0.1) is 46.9 Å². The van der Waals surface area contributed by atoms with Crippen LogP contribution in [0.3, 0.4) is 0 Å². The third-order valence-electron chi connectivity index (χ3n) is 9.63. The van der Waals surface area contributed by atoms with Crippen LogP contribution in [0, 0.1) is 29.1 Å². The van der Waals surface area contributed by atoms with E-state index < -0.39 is 52.8 Å². The fraction of sp³-hybridized carbons (Fsp3) is 0.387. The molecule has 6 atom stereocenters. The van der Waals surface area contributed by atoms with Crippen molar-refractivity contribution >= 4 is 67.1 Å². The molecule has 10 nitrogen and oxygen atoms in total. The van der Waals surface area contributed by atoms with Gasteiger partial charge in [-0.25, -0.2) is 4.90 Å². The van der Waals surface area contributed by atoms with Gasteiger partial charge in [0.25, 0.3) is 0 Å². The minimum Gasteiger partial charge on any atom is -0.503 e. The summed E-state index contributed by atoms with van der Waals surface area (Å²) < 4.78 is 6.23. The van der Waals surface area contributed by atoms with Crippen LogP contribution in [-0.2, 0) is 24.0 Å². The highest BCUT2D eigenvalue weighted by Gasteiger charge is 2.67. The number of allylic oxidation sites excluding steroid dienone is 2. The summed E-state index contributed by atoms with van der Waals surface area (Å²) in [5, 5.41) is 19.9. The lowest BCUT2D eigenvalue weighted by Crippen LogP contribution is -2.49. The number of carbonyl (C=O) groups is 5. The van der Waals surface area contributed by atoms with Crippen molar-refractivity contribution in [2.75, 3.05) is 18.6 Å². The number of ether oxygens (including phenoxy) is 1. The molecule has 2 aromatic rings. The molecule has 2 aliphatic heterocycles. The van der Waals surface area contributed by atoms with Gasteiger partial charge in [0.1, 0.15) is 0 Å². The number of aromatic hydroxyl groups is 1. The van der Waals surface area contributed by atoms with Crippen LogP contribution in [0.4, 0.5) is 5.69 Å². The molecule has 0 spiro atoms. The second-order valence-electron chi connectivity index (χ2n) is 11.6. The minimum atomic E-state index is -1.28. The van der Waals surface area contributed by atoms with Crippen molar-refractivity contribution in [1.29, 1.82) is 0 Å². The second kappa shape index (κ2) is 10.6. The highest BCUT2D eigenvalue weighted by atomic mass is 79.9. The lowest BCUT2D eigenvalue weighted by Gasteiger charge is -2.49. The third kappa shape index (κ3) is 4.20. The van der Waals surface area contributed by atoms with Gasteiger partial charge >= 0.3 is 5.97 Å². The topological polar surface area (TPSA) is 142 Å². The molecule has 2 heterocycles. The first-order valence-electron chi connectivity index (χ1n) is 13.9. The number of likely N-dealkylation sites (tertiary alicyclic amines) is 1. The zero-order chi connectivity index (χ0) is 31.0. The molecule has 2 aliphatic carbocycles. The number of carboxylic acid groups (broad SMARTS) is 1. The van der Waals surface area contributed by atoms with Crippen LogP contribution in [-0.4, -0.2) is 58.4 Å². The number of para-hydroxylation sites is 1. The van der Waals surface area contributed by atoms with Crippen molar-refractivity contribution in [3.05, 3.63) is 62.6 Å². The quantitative estimate of drug-likeness (QED) is 0.326. The van der Waals surface area contributed by atoms with E-state index in [2.05, 4.69) is 31.9 Å². The predicted octanol–water partition coefficient (Wildman–Crippen LogP) is 4.63. The highest BCUT2D eigenvalue weighted by Crippen LogP contribution is 2.65. The van der Waals surface area contributed by atoms with Crippen LogP contribution >= 0.6 is 31.9 Å². The number of amides is 4. The van der Waals surface area contributed by atoms with Crippen molar-refractivity contribution in [3.63, 3.8) is 0 Å². The number of fused-ring (bicyclic) bond motifs is 4. The molecule has 0 bridgehead atoms. The summed E-state index contributed by atoms with van der Waals surface area (Å²) in [5.74, 6) is -6.29. The summed E-state index contributed by atoms with van der Waals surface area (Å²) in [7, 11) is 1.41. The Morgan fingerprint density at radius 3 is 2.40 bits per heavy atom. The van der Waals surface area contributed by atoms with Gasteiger partial charge < -0.3 is 14.9 Å². The Morgan fingerprint density at radius 1 is 1.05 bits per heavy atom. The number of hydrogen-bond acceptors (Lipinski definition) is 7. The fourth-order valence-electron chi connectivity index (χ4n) is 7.65. The Bertz CT molecular complexity index is 1630. The summed E-state index contributed by atoms with van der Waals surface area (Å²) in [5.41, 5.74) is 0.509. The molecule has 224 valence electrons. The van der Waals surface area contributed by atoms with Crippen LogP contribution in [0.1, 0.15) is 37.7 Å². The highest BCUT2D eigenvalue weighted by molar-refractivity contribution is 9.13. The number of rotatable bonds is 6. The molecule has 4 amide bonds. The number of halogens is 2. The average Bonchev–Trinajstić information content (AvgIpc) is 3.35. The van der Waals surface area contributed by atoms with Gasteiger partial charge in [0, 0.05) is 16.9 Å². The molecule has 1 saturated carbocycles. The fourth-order valence-corrected chi connectivity index (χ4v) is 8.61. The average molecular weight is 716 g/mol. The maximum atomic E-state index is 14.5. The van der Waals surface area contributed by atoms with Crippen molar-refractivity contribution < 1.29 is 38.9 Å². The van der Waals surface area contributed by atoms with Crippen LogP contribution in [0.5, 0.6) is 11.5 Å². The Morgan fingerprint density at radius 2 is 1.74 bits per heavy atom. The van der Waals surface area contributed by atoms with Gasteiger partial charge in [0.2, 0.25) is 23.6 Å². The molecule has 2 aromatic carbocycles. The van der Waals surface area contributed by atoms with Crippen LogP contribution in [0.15, 0.2) is 57.0 Å². The van der Waals surface area contributed by atoms with Crippen LogP contribution in [0.2, 0.25) is 0 Å². The monoisotopic (exact) mass is 714 g/mol. The first-order chi connectivity index (χ1) is 20.4. The summed E-state index contributed by atoms with van der Waals surface area (Å²) in [6, 6.07) is 10.3. The van der Waals surface area contributed by atoms with Crippen LogP contribution in [0.25, 0.3) is 0 Å². The van der Waals surface area contributed by atoms with E-state index in [1.54, 1.807) is 43.3 Å². The van der Waals surface area contributed by atoms with E-state index in [0.717, 1.165) is 10.5 Å². The number of carboxylic acids is 1. The standard InChI is InChI=1S/C31H28Br2N2O8/c1-31-19(28(40)35(30(31)42)14-6-4-3-5-7-14)12-17-15(23(31)18-13-20(43-2)26(38)25(33)24(18)32)8-9-16-22(17)29(41)34(27(16)39)11-10-21(36)37/h3-8,13,16-17,19,22-23,38H,9-12H2,1-2H3,(H,36,37). The maximum Gasteiger partial charge on any atom is 0.305 e. The molecule has 43 heavy (non-hydrogen) atoms. The number of anilines is 1. The molecule has 2 saturated heterocycles. The molecule has 12 heteroatoms. The van der Waals surface area contributed by atoms with Gasteiger partial charge in [-0.05, 0) is 81.3 Å². The van der Waals surface area contributed by atoms with Crippen LogP contribution < -0.4 is 9.64 Å². The summed E-state index contributed by atoms with van der Waals surface area (Å²) in [6.07, 6.45) is 1.96. The minimum absolute atomic E-state index is 0.143. The predicted molar refractivity (Wildman–Crippen MR) is 160 cm³/mol. The first kappa shape index (κ1) is 29.6. The molecule has 4 aliphatic rings. The Balaban J connectivity index is 1.54. The number of nitrogens with zero attached hydrogens (tertiary/aromatic N) is 2. The summed E-state index contributed by atoms with van der Waals surface area (Å²) in [4.78, 5) is 69.3. The number of methoxy groups -OCH3 is 1. The van der Waals surface area contributed by atoms with Crippen molar-refractivity contribution in [1.82, 2.24) is 4.90 Å². The van der Waals surface area contributed by atoms with Crippen molar-refractivity contribution in [2.24, 2.45) is 29.1 Å².